The van der Waals surface area contributed by atoms with Crippen LogP contribution < -0.4 is 0 Å². The molecule has 1 aliphatic heterocycles. The maximum atomic E-state index is 12.6. The molecule has 0 bridgehead atoms. The zero-order chi connectivity index (χ0) is 15.7. The Morgan fingerprint density at radius 1 is 1.23 bits per heavy atom. The highest BCUT2D eigenvalue weighted by Gasteiger charge is 2.33. The van der Waals surface area contributed by atoms with Crippen LogP contribution in [0.25, 0.3) is 0 Å². The molecular formula is C17H27N3O2. The van der Waals surface area contributed by atoms with E-state index in [0.717, 1.165) is 37.9 Å². The molecule has 5 heteroatoms. The average molecular weight is 305 g/mol. The van der Waals surface area contributed by atoms with E-state index < -0.39 is 0 Å². The Balaban J connectivity index is 1.68. The summed E-state index contributed by atoms with van der Waals surface area (Å²) in [7, 11) is 1.97. The molecule has 0 aromatic carbocycles. The van der Waals surface area contributed by atoms with Crippen molar-refractivity contribution in [2.24, 2.45) is 7.05 Å². The van der Waals surface area contributed by atoms with Gasteiger partial charge in [0.15, 0.2) is 0 Å². The van der Waals surface area contributed by atoms with Crippen LogP contribution in [0.5, 0.6) is 0 Å². The van der Waals surface area contributed by atoms with Crippen LogP contribution in [-0.4, -0.2) is 39.8 Å². The summed E-state index contributed by atoms with van der Waals surface area (Å²) in [5.41, 5.74) is 3.44. The number of carbonyl (C=O) groups is 1. The van der Waals surface area contributed by atoms with Crippen molar-refractivity contribution in [3.8, 4) is 0 Å². The predicted octanol–water partition coefficient (Wildman–Crippen LogP) is 2.66. The van der Waals surface area contributed by atoms with Crippen molar-refractivity contribution in [2.75, 3.05) is 13.2 Å². The number of likely N-dealkylation sites (tertiary alicyclic amines) is 1. The molecular weight excluding hydrogens is 278 g/mol. The third kappa shape index (κ3) is 2.91. The number of carbonyl (C=O) groups excluding carboxylic acids is 1. The Labute approximate surface area is 132 Å². The molecule has 0 N–H and O–H groups in total. The van der Waals surface area contributed by atoms with E-state index in [4.69, 9.17) is 4.74 Å². The minimum atomic E-state index is 0.136. The van der Waals surface area contributed by atoms with E-state index in [1.165, 1.54) is 24.1 Å². The van der Waals surface area contributed by atoms with Gasteiger partial charge in [0.05, 0.1) is 17.8 Å². The second-order valence-electron chi connectivity index (χ2n) is 6.67. The summed E-state index contributed by atoms with van der Waals surface area (Å²) in [5, 5.41) is 4.51. The van der Waals surface area contributed by atoms with Gasteiger partial charge in [-0.25, -0.2) is 0 Å². The van der Waals surface area contributed by atoms with E-state index in [1.54, 1.807) is 0 Å². The van der Waals surface area contributed by atoms with Crippen LogP contribution in [0.15, 0.2) is 0 Å². The molecule has 5 nitrogen and oxygen atoms in total. The summed E-state index contributed by atoms with van der Waals surface area (Å²) in [6, 6.07) is 0.174. The van der Waals surface area contributed by atoms with E-state index >= 15 is 0 Å². The molecule has 2 fully saturated rings. The first kappa shape index (κ1) is 15.5. The molecule has 0 spiro atoms. The zero-order valence-corrected chi connectivity index (χ0v) is 14.0. The normalized spacial score (nSPS) is 22.7. The summed E-state index contributed by atoms with van der Waals surface area (Å²) in [4.78, 5) is 14.6. The number of nitrogens with zero attached hydrogens (tertiary/aromatic N) is 3. The third-order valence-corrected chi connectivity index (χ3v) is 5.22. The fraction of sp³-hybridized carbons (Fsp3) is 0.765. The van der Waals surface area contributed by atoms with Gasteiger partial charge in [0.2, 0.25) is 5.91 Å². The Bertz CT molecular complexity index is 546. The van der Waals surface area contributed by atoms with Crippen LogP contribution in [0.3, 0.4) is 0 Å². The van der Waals surface area contributed by atoms with Crippen molar-refractivity contribution in [1.29, 1.82) is 0 Å². The first-order chi connectivity index (χ1) is 10.6. The molecule has 1 saturated carbocycles. The Hall–Kier alpha value is -1.36. The van der Waals surface area contributed by atoms with Gasteiger partial charge in [-0.2, -0.15) is 5.10 Å². The first-order valence-corrected chi connectivity index (χ1v) is 8.49. The number of hydrogen-bond donors (Lipinski definition) is 0. The van der Waals surface area contributed by atoms with Gasteiger partial charge in [-0.3, -0.25) is 9.48 Å². The Kier molecular flexibility index (Phi) is 4.52. The minimum Gasteiger partial charge on any atom is -0.368 e. The lowest BCUT2D eigenvalue weighted by molar-refractivity contribution is -0.139. The molecule has 1 aromatic heterocycles. The van der Waals surface area contributed by atoms with Crippen molar-refractivity contribution in [1.82, 2.24) is 14.7 Å². The molecule has 2 aliphatic rings. The Morgan fingerprint density at radius 2 is 1.95 bits per heavy atom. The van der Waals surface area contributed by atoms with Gasteiger partial charge in [0.1, 0.15) is 6.61 Å². The molecule has 122 valence electrons. The second kappa shape index (κ2) is 6.41. The molecule has 1 saturated heterocycles. The van der Waals surface area contributed by atoms with Crippen LogP contribution in [0.1, 0.15) is 61.5 Å². The largest absolute Gasteiger partial charge is 0.368 e. The maximum Gasteiger partial charge on any atom is 0.249 e. The topological polar surface area (TPSA) is 47.4 Å². The van der Waals surface area contributed by atoms with Crippen LogP contribution >= 0.6 is 0 Å². The summed E-state index contributed by atoms with van der Waals surface area (Å²) < 4.78 is 7.73. The van der Waals surface area contributed by atoms with Crippen molar-refractivity contribution in [3.63, 3.8) is 0 Å². The number of amides is 1. The van der Waals surface area contributed by atoms with Gasteiger partial charge in [0.25, 0.3) is 0 Å². The van der Waals surface area contributed by atoms with Crippen LogP contribution in [0.2, 0.25) is 0 Å². The van der Waals surface area contributed by atoms with E-state index in [-0.39, 0.29) is 18.6 Å². The summed E-state index contributed by atoms with van der Waals surface area (Å²) in [6.07, 6.45) is 7.08. The Morgan fingerprint density at radius 3 is 2.59 bits per heavy atom. The average Bonchev–Trinajstić information content (AvgIpc) is 3.19. The monoisotopic (exact) mass is 305 g/mol. The van der Waals surface area contributed by atoms with E-state index in [9.17, 15) is 4.79 Å². The number of aromatic nitrogens is 2. The molecule has 1 atom stereocenters. The van der Waals surface area contributed by atoms with Crippen molar-refractivity contribution < 1.29 is 9.53 Å². The van der Waals surface area contributed by atoms with Gasteiger partial charge < -0.3 is 9.64 Å². The fourth-order valence-electron chi connectivity index (χ4n) is 3.96. The molecule has 1 aromatic rings. The fourth-order valence-corrected chi connectivity index (χ4v) is 3.96. The summed E-state index contributed by atoms with van der Waals surface area (Å²) in [6.45, 7) is 5.20. The maximum absolute atomic E-state index is 12.6. The van der Waals surface area contributed by atoms with Gasteiger partial charge in [0, 0.05) is 24.8 Å². The minimum absolute atomic E-state index is 0.136. The van der Waals surface area contributed by atoms with Gasteiger partial charge in [-0.1, -0.05) is 12.8 Å². The smallest absolute Gasteiger partial charge is 0.249 e. The van der Waals surface area contributed by atoms with Crippen molar-refractivity contribution >= 4 is 5.91 Å². The van der Waals surface area contributed by atoms with Crippen LogP contribution in [0.4, 0.5) is 0 Å². The number of hydrogen-bond acceptors (Lipinski definition) is 3. The molecule has 3 rings (SSSR count). The highest BCUT2D eigenvalue weighted by atomic mass is 16.5. The number of rotatable bonds is 4. The van der Waals surface area contributed by atoms with Gasteiger partial charge in [-0.15, -0.1) is 0 Å². The molecule has 0 radical (unpaired) electrons. The first-order valence-electron chi connectivity index (χ1n) is 8.49. The molecule has 1 aliphatic carbocycles. The molecule has 0 unspecified atom stereocenters. The quantitative estimate of drug-likeness (QED) is 0.859. The van der Waals surface area contributed by atoms with Crippen LogP contribution in [0, 0.1) is 13.8 Å². The van der Waals surface area contributed by atoms with E-state index in [0.29, 0.717) is 6.10 Å². The standard InChI is InChI=1S/C17H27N3O2/c1-12-17(13(2)19(3)18-12)15-9-6-10-20(15)16(21)11-22-14-7-4-5-8-14/h14-15H,4-11H2,1-3H3/t15-/m1/s1. The second-order valence-corrected chi connectivity index (χ2v) is 6.67. The lowest BCUT2D eigenvalue weighted by Gasteiger charge is -2.26. The summed E-state index contributed by atoms with van der Waals surface area (Å²) >= 11 is 0. The molecule has 22 heavy (non-hydrogen) atoms. The molecule has 2 heterocycles. The predicted molar refractivity (Wildman–Crippen MR) is 84.6 cm³/mol. The van der Waals surface area contributed by atoms with Gasteiger partial charge in [-0.05, 0) is 39.5 Å². The van der Waals surface area contributed by atoms with Gasteiger partial charge >= 0.3 is 0 Å². The summed E-state index contributed by atoms with van der Waals surface area (Å²) in [5.74, 6) is 0.136. The zero-order valence-electron chi connectivity index (χ0n) is 14.0. The van der Waals surface area contributed by atoms with E-state index in [2.05, 4.69) is 12.0 Å². The van der Waals surface area contributed by atoms with Crippen LogP contribution in [-0.2, 0) is 16.6 Å². The highest BCUT2D eigenvalue weighted by Crippen LogP contribution is 2.35. The van der Waals surface area contributed by atoms with Crippen molar-refractivity contribution in [3.05, 3.63) is 17.0 Å². The van der Waals surface area contributed by atoms with Crippen molar-refractivity contribution in [2.45, 2.75) is 64.5 Å². The lowest BCUT2D eigenvalue weighted by Crippen LogP contribution is -2.35. The van der Waals surface area contributed by atoms with E-state index in [1.807, 2.05) is 23.6 Å². The lowest BCUT2D eigenvalue weighted by atomic mass is 10.0. The SMILES string of the molecule is Cc1nn(C)c(C)c1[C@H]1CCCN1C(=O)COC1CCCC1. The molecule has 1 amide bonds. The number of ether oxygens (including phenoxy) is 1. The highest BCUT2D eigenvalue weighted by molar-refractivity contribution is 5.78. The number of aryl methyl sites for hydroxylation is 2. The third-order valence-electron chi connectivity index (χ3n) is 5.22.